The highest BCUT2D eigenvalue weighted by atomic mass is 79.9. The highest BCUT2D eigenvalue weighted by molar-refractivity contribution is 9.10. The first kappa shape index (κ1) is 10.9. The topological polar surface area (TPSA) is 45.2 Å². The van der Waals surface area contributed by atoms with E-state index in [4.69, 9.17) is 0 Å². The molecule has 15 heavy (non-hydrogen) atoms. The van der Waals surface area contributed by atoms with Crippen LogP contribution < -0.4 is 5.32 Å². The van der Waals surface area contributed by atoms with Crippen molar-refractivity contribution in [3.63, 3.8) is 0 Å². The van der Waals surface area contributed by atoms with Crippen molar-refractivity contribution in [3.05, 3.63) is 22.3 Å². The summed E-state index contributed by atoms with van der Waals surface area (Å²) < 4.78 is 1.01. The lowest BCUT2D eigenvalue weighted by molar-refractivity contribution is -0.0202. The molecule has 0 aromatic carbocycles. The number of anilines is 1. The van der Waals surface area contributed by atoms with E-state index >= 15 is 0 Å². The van der Waals surface area contributed by atoms with Crippen LogP contribution in [0.25, 0.3) is 0 Å². The largest absolute Gasteiger partial charge is 0.388 e. The third kappa shape index (κ3) is 2.49. The van der Waals surface area contributed by atoms with Crippen molar-refractivity contribution >= 4 is 21.7 Å². The molecule has 2 N–H and O–H groups in total. The molecule has 0 unspecified atom stereocenters. The molecular formula is C11H15BrN2O. The molecule has 1 saturated carbocycles. The van der Waals surface area contributed by atoms with Crippen molar-refractivity contribution < 1.29 is 5.11 Å². The number of aliphatic hydroxyl groups is 1. The summed E-state index contributed by atoms with van der Waals surface area (Å²) in [4.78, 5) is 4.37. The predicted octanol–water partition coefficient (Wildman–Crippen LogP) is 2.48. The summed E-state index contributed by atoms with van der Waals surface area (Å²) in [6, 6.07) is 3.88. The number of aryl methyl sites for hydroxylation is 1. The molecule has 1 heterocycles. The molecule has 1 aromatic rings. The van der Waals surface area contributed by atoms with Gasteiger partial charge < -0.3 is 10.4 Å². The van der Waals surface area contributed by atoms with Crippen LogP contribution >= 0.6 is 15.9 Å². The smallest absolute Gasteiger partial charge is 0.126 e. The van der Waals surface area contributed by atoms with E-state index in [1.165, 1.54) is 0 Å². The van der Waals surface area contributed by atoms with Crippen molar-refractivity contribution in [1.82, 2.24) is 4.98 Å². The fourth-order valence-corrected chi connectivity index (χ4v) is 1.88. The lowest BCUT2D eigenvalue weighted by Gasteiger charge is -2.36. The molecule has 1 aliphatic carbocycles. The second-order valence-electron chi connectivity index (χ2n) is 4.20. The van der Waals surface area contributed by atoms with Crippen LogP contribution in [0, 0.1) is 6.92 Å². The van der Waals surface area contributed by atoms with Gasteiger partial charge in [0, 0.05) is 11.0 Å². The fraction of sp³-hybridized carbons (Fsp3) is 0.545. The van der Waals surface area contributed by atoms with Gasteiger partial charge in [0.25, 0.3) is 0 Å². The molecule has 2 rings (SSSR count). The van der Waals surface area contributed by atoms with E-state index in [0.29, 0.717) is 6.54 Å². The lowest BCUT2D eigenvalue weighted by atomic mass is 9.80. The van der Waals surface area contributed by atoms with E-state index in [-0.39, 0.29) is 0 Å². The first-order chi connectivity index (χ1) is 7.09. The monoisotopic (exact) mass is 270 g/mol. The average Bonchev–Trinajstić information content (AvgIpc) is 2.17. The number of pyridine rings is 1. The maximum absolute atomic E-state index is 9.90. The van der Waals surface area contributed by atoms with E-state index in [1.54, 1.807) is 0 Å². The highest BCUT2D eigenvalue weighted by Gasteiger charge is 2.33. The third-order valence-electron chi connectivity index (χ3n) is 2.90. The Morgan fingerprint density at radius 2 is 2.27 bits per heavy atom. The van der Waals surface area contributed by atoms with Crippen molar-refractivity contribution in [1.29, 1.82) is 0 Å². The summed E-state index contributed by atoms with van der Waals surface area (Å²) in [5, 5.41) is 13.1. The Hall–Kier alpha value is -0.610. The molecule has 0 bridgehead atoms. The Morgan fingerprint density at radius 1 is 1.53 bits per heavy atom. The number of nitrogens with one attached hydrogen (secondary N) is 1. The van der Waals surface area contributed by atoms with E-state index in [2.05, 4.69) is 26.2 Å². The molecule has 82 valence electrons. The molecule has 3 nitrogen and oxygen atoms in total. The van der Waals surface area contributed by atoms with Crippen LogP contribution in [0.4, 0.5) is 5.82 Å². The molecule has 1 aliphatic rings. The summed E-state index contributed by atoms with van der Waals surface area (Å²) in [5.74, 6) is 0.830. The van der Waals surface area contributed by atoms with Gasteiger partial charge in [-0.3, -0.25) is 0 Å². The molecule has 0 amide bonds. The van der Waals surface area contributed by atoms with Gasteiger partial charge in [-0.1, -0.05) is 0 Å². The van der Waals surface area contributed by atoms with E-state index in [0.717, 1.165) is 35.2 Å². The molecule has 0 aliphatic heterocycles. The fourth-order valence-electron chi connectivity index (χ4n) is 1.66. The summed E-state index contributed by atoms with van der Waals surface area (Å²) in [5.41, 5.74) is 0.462. The zero-order valence-electron chi connectivity index (χ0n) is 8.76. The number of aromatic nitrogens is 1. The van der Waals surface area contributed by atoms with Gasteiger partial charge in [-0.05, 0) is 54.2 Å². The first-order valence-electron chi connectivity index (χ1n) is 5.18. The number of hydrogen-bond donors (Lipinski definition) is 2. The van der Waals surface area contributed by atoms with Crippen LogP contribution in [0.3, 0.4) is 0 Å². The van der Waals surface area contributed by atoms with E-state index in [9.17, 15) is 5.11 Å². The lowest BCUT2D eigenvalue weighted by Crippen LogP contribution is -2.43. The van der Waals surface area contributed by atoms with Gasteiger partial charge in [-0.15, -0.1) is 0 Å². The first-order valence-corrected chi connectivity index (χ1v) is 5.98. The SMILES string of the molecule is Cc1nc(NCC2(O)CCC2)ccc1Br. The summed E-state index contributed by atoms with van der Waals surface area (Å²) in [7, 11) is 0. The van der Waals surface area contributed by atoms with Crippen molar-refractivity contribution in [2.24, 2.45) is 0 Å². The normalized spacial score (nSPS) is 18.3. The molecule has 0 saturated heterocycles. The number of hydrogen-bond acceptors (Lipinski definition) is 3. The third-order valence-corrected chi connectivity index (χ3v) is 3.74. The molecule has 0 radical (unpaired) electrons. The van der Waals surface area contributed by atoms with Gasteiger partial charge in [0.2, 0.25) is 0 Å². The van der Waals surface area contributed by atoms with E-state index < -0.39 is 5.60 Å². The second kappa shape index (κ2) is 4.10. The summed E-state index contributed by atoms with van der Waals surface area (Å²) in [6.45, 7) is 2.55. The Labute approximate surface area is 98.0 Å². The van der Waals surface area contributed by atoms with Gasteiger partial charge in [-0.25, -0.2) is 4.98 Å². The Morgan fingerprint density at radius 3 is 2.80 bits per heavy atom. The maximum atomic E-state index is 9.90. The molecule has 1 fully saturated rings. The molecule has 1 aromatic heterocycles. The van der Waals surface area contributed by atoms with Gasteiger partial charge in [0.15, 0.2) is 0 Å². The van der Waals surface area contributed by atoms with Crippen LogP contribution in [0.15, 0.2) is 16.6 Å². The van der Waals surface area contributed by atoms with Gasteiger partial charge in [0.1, 0.15) is 5.82 Å². The van der Waals surface area contributed by atoms with E-state index in [1.807, 2.05) is 19.1 Å². The second-order valence-corrected chi connectivity index (χ2v) is 5.05. The summed E-state index contributed by atoms with van der Waals surface area (Å²) in [6.07, 6.45) is 2.93. The Kier molecular flexibility index (Phi) is 2.98. The van der Waals surface area contributed by atoms with Crippen LogP contribution in [-0.2, 0) is 0 Å². The quantitative estimate of drug-likeness (QED) is 0.887. The van der Waals surface area contributed by atoms with Gasteiger partial charge in [0.05, 0.1) is 11.3 Å². The van der Waals surface area contributed by atoms with Crippen LogP contribution in [0.1, 0.15) is 25.0 Å². The number of rotatable bonds is 3. The van der Waals surface area contributed by atoms with Crippen LogP contribution in [0.5, 0.6) is 0 Å². The van der Waals surface area contributed by atoms with Crippen LogP contribution in [-0.4, -0.2) is 22.2 Å². The Bertz CT molecular complexity index is 364. The van der Waals surface area contributed by atoms with Crippen molar-refractivity contribution in [2.45, 2.75) is 31.8 Å². The molecule has 4 heteroatoms. The minimum absolute atomic E-state index is 0.497. The van der Waals surface area contributed by atoms with Crippen molar-refractivity contribution in [3.8, 4) is 0 Å². The highest BCUT2D eigenvalue weighted by Crippen LogP contribution is 2.31. The maximum Gasteiger partial charge on any atom is 0.126 e. The minimum atomic E-state index is -0.497. The average molecular weight is 271 g/mol. The standard InChI is InChI=1S/C11H15BrN2O/c1-8-9(12)3-4-10(14-8)13-7-11(15)5-2-6-11/h3-4,15H,2,5-7H2,1H3,(H,13,14). The number of halogens is 1. The zero-order valence-corrected chi connectivity index (χ0v) is 10.3. The predicted molar refractivity (Wildman–Crippen MR) is 64.0 cm³/mol. The molecular weight excluding hydrogens is 256 g/mol. The molecule has 0 atom stereocenters. The Balaban J connectivity index is 1.96. The summed E-state index contributed by atoms with van der Waals surface area (Å²) >= 11 is 3.41. The van der Waals surface area contributed by atoms with Crippen molar-refractivity contribution in [2.75, 3.05) is 11.9 Å². The minimum Gasteiger partial charge on any atom is -0.388 e. The van der Waals surface area contributed by atoms with Gasteiger partial charge >= 0.3 is 0 Å². The van der Waals surface area contributed by atoms with Gasteiger partial charge in [-0.2, -0.15) is 0 Å². The zero-order chi connectivity index (χ0) is 10.9. The van der Waals surface area contributed by atoms with Crippen LogP contribution in [0.2, 0.25) is 0 Å². The molecule has 0 spiro atoms. The number of nitrogens with zero attached hydrogens (tertiary/aromatic N) is 1.